The Morgan fingerprint density at radius 3 is 1.85 bits per heavy atom. The van der Waals surface area contributed by atoms with Gasteiger partial charge in [-0.1, -0.05) is 63.9 Å². The van der Waals surface area contributed by atoms with Crippen molar-refractivity contribution in [2.24, 2.45) is 5.92 Å². The highest BCUT2D eigenvalue weighted by Gasteiger charge is 2.38. The molecule has 0 saturated heterocycles. The number of amides is 4. The van der Waals surface area contributed by atoms with Crippen molar-refractivity contribution in [1.29, 1.82) is 0 Å². The molecule has 0 aliphatic rings. The van der Waals surface area contributed by atoms with E-state index >= 15 is 0 Å². The topological polar surface area (TPSA) is 203 Å². The maximum atomic E-state index is 13.6. The number of carbonyl (C=O) groups excluding carboxylic acids is 4. The molecule has 0 fully saturated rings. The molecule has 53 heavy (non-hydrogen) atoms. The van der Waals surface area contributed by atoms with Crippen LogP contribution in [0.25, 0.3) is 0 Å². The van der Waals surface area contributed by atoms with Gasteiger partial charge in [-0.3, -0.25) is 23.5 Å². The molecular formula is C35H51F3N6O8S. The number of nitrogens with one attached hydrogen (secondary N) is 5. The number of rotatable bonds is 17. The van der Waals surface area contributed by atoms with E-state index in [1.54, 1.807) is 6.92 Å². The van der Waals surface area contributed by atoms with Gasteiger partial charge < -0.3 is 31.7 Å². The van der Waals surface area contributed by atoms with Crippen LogP contribution in [0.5, 0.6) is 0 Å². The Morgan fingerprint density at radius 1 is 0.868 bits per heavy atom. The number of alkyl halides is 3. The van der Waals surface area contributed by atoms with Gasteiger partial charge in [0.2, 0.25) is 21.8 Å². The number of anilines is 1. The van der Waals surface area contributed by atoms with Gasteiger partial charge >= 0.3 is 12.1 Å². The molecule has 296 valence electrons. The molecule has 6 N–H and O–H groups in total. The van der Waals surface area contributed by atoms with E-state index in [4.69, 9.17) is 9.90 Å². The summed E-state index contributed by atoms with van der Waals surface area (Å²) in [5.41, 5.74) is 1.30. The van der Waals surface area contributed by atoms with E-state index in [1.807, 2.05) is 58.0 Å². The highest BCUT2D eigenvalue weighted by Crippen LogP contribution is 2.22. The first-order chi connectivity index (χ1) is 24.5. The summed E-state index contributed by atoms with van der Waals surface area (Å²) in [7, 11) is -0.821. The summed E-state index contributed by atoms with van der Waals surface area (Å²) in [5, 5.41) is 21.5. The number of nitrogens with zero attached hydrogens (tertiary/aromatic N) is 1. The monoisotopic (exact) mass is 772 g/mol. The number of hydrogen-bond acceptors (Lipinski definition) is 8. The van der Waals surface area contributed by atoms with Crippen LogP contribution in [0.4, 0.5) is 18.9 Å². The molecule has 0 unspecified atom stereocenters. The molecule has 2 aromatic rings. The van der Waals surface area contributed by atoms with E-state index in [2.05, 4.69) is 26.6 Å². The third kappa shape index (κ3) is 15.8. The van der Waals surface area contributed by atoms with Crippen molar-refractivity contribution >= 4 is 45.3 Å². The number of carbonyl (C=O) groups is 5. The van der Waals surface area contributed by atoms with Crippen molar-refractivity contribution in [2.75, 3.05) is 31.2 Å². The number of hydrogen-bond donors (Lipinski definition) is 6. The molecule has 4 atom stereocenters. The molecule has 0 radical (unpaired) electrons. The van der Waals surface area contributed by atoms with E-state index in [1.165, 1.54) is 32.3 Å². The van der Waals surface area contributed by atoms with Gasteiger partial charge in [0.15, 0.2) is 0 Å². The largest absolute Gasteiger partial charge is 0.490 e. The summed E-state index contributed by atoms with van der Waals surface area (Å²) < 4.78 is 57.5. The molecule has 0 spiro atoms. The Hall–Kier alpha value is -4.71. The predicted octanol–water partition coefficient (Wildman–Crippen LogP) is 3.36. The molecule has 0 bridgehead atoms. The fraction of sp³-hybridized carbons (Fsp3) is 0.514. The highest BCUT2D eigenvalue weighted by atomic mass is 32.2. The van der Waals surface area contributed by atoms with Gasteiger partial charge in [-0.25, -0.2) is 13.2 Å². The van der Waals surface area contributed by atoms with Gasteiger partial charge in [-0.15, -0.1) is 0 Å². The fourth-order valence-electron chi connectivity index (χ4n) is 4.68. The maximum absolute atomic E-state index is 13.6. The number of carboxylic acid groups (broad SMARTS) is 1. The van der Waals surface area contributed by atoms with Crippen LogP contribution in [0.3, 0.4) is 0 Å². The van der Waals surface area contributed by atoms with Crippen LogP contribution in [0.2, 0.25) is 0 Å². The first-order valence-corrected chi connectivity index (χ1v) is 18.7. The first-order valence-electron chi connectivity index (χ1n) is 16.8. The Balaban J connectivity index is 0.00000181. The average molecular weight is 773 g/mol. The van der Waals surface area contributed by atoms with Crippen LogP contribution in [-0.2, 0) is 24.4 Å². The third-order valence-electron chi connectivity index (χ3n) is 7.99. The summed E-state index contributed by atoms with van der Waals surface area (Å²) in [5.74, 6) is -4.45. The van der Waals surface area contributed by atoms with Gasteiger partial charge in [-0.05, 0) is 49.9 Å². The summed E-state index contributed by atoms with van der Waals surface area (Å²) in [6, 6.07) is 11.6. The number of benzene rings is 2. The van der Waals surface area contributed by atoms with Crippen molar-refractivity contribution in [1.82, 2.24) is 26.6 Å². The lowest BCUT2D eigenvalue weighted by atomic mass is 10.0. The predicted molar refractivity (Wildman–Crippen MR) is 195 cm³/mol. The van der Waals surface area contributed by atoms with E-state index in [-0.39, 0.29) is 53.2 Å². The Labute approximate surface area is 308 Å². The minimum atomic E-state index is -5.08. The van der Waals surface area contributed by atoms with Crippen LogP contribution >= 0.6 is 0 Å². The zero-order chi connectivity index (χ0) is 40.7. The van der Waals surface area contributed by atoms with Crippen molar-refractivity contribution < 1.29 is 50.7 Å². The van der Waals surface area contributed by atoms with Gasteiger partial charge in [0.05, 0.1) is 24.0 Å². The molecule has 0 saturated carbocycles. The molecular weight excluding hydrogens is 721 g/mol. The fourth-order valence-corrected chi connectivity index (χ4v) is 5.17. The summed E-state index contributed by atoms with van der Waals surface area (Å²) in [6.45, 7) is 9.49. The Kier molecular flexibility index (Phi) is 18.4. The molecule has 2 rings (SSSR count). The number of unbranched alkanes of at least 4 members (excludes halogenated alkanes) is 1. The molecule has 0 aliphatic heterocycles. The van der Waals surface area contributed by atoms with Crippen molar-refractivity contribution in [3.63, 3.8) is 0 Å². The lowest BCUT2D eigenvalue weighted by Crippen LogP contribution is -2.55. The quantitative estimate of drug-likeness (QED) is 0.139. The maximum Gasteiger partial charge on any atom is 0.490 e. The SMILES string of the molecule is CCCC[C@@H](CN[C@@H](C)C(=O)N[C@H](C(=O)NC)C(C)C)NC(=O)c1cc(C(=O)N[C@H](C)c2ccccc2)cc(N(C)S(C)(=O)=O)c1.O=C(O)C(F)(F)F. The van der Waals surface area contributed by atoms with E-state index in [9.17, 15) is 40.8 Å². The Bertz CT molecular complexity index is 1660. The van der Waals surface area contributed by atoms with Crippen LogP contribution in [-0.4, -0.2) is 94.3 Å². The second-order valence-corrected chi connectivity index (χ2v) is 14.7. The van der Waals surface area contributed by atoms with Crippen molar-refractivity contribution in [3.05, 3.63) is 65.2 Å². The van der Waals surface area contributed by atoms with Crippen molar-refractivity contribution in [3.8, 4) is 0 Å². The zero-order valence-corrected chi connectivity index (χ0v) is 31.9. The number of aliphatic carboxylic acids is 1. The third-order valence-corrected chi connectivity index (χ3v) is 9.20. The normalized spacial score (nSPS) is 13.7. The minimum Gasteiger partial charge on any atom is -0.475 e. The van der Waals surface area contributed by atoms with Gasteiger partial charge in [-0.2, -0.15) is 13.2 Å². The summed E-state index contributed by atoms with van der Waals surface area (Å²) in [4.78, 5) is 60.9. The average Bonchev–Trinajstić information content (AvgIpc) is 3.09. The molecule has 18 heteroatoms. The number of sulfonamides is 1. The highest BCUT2D eigenvalue weighted by molar-refractivity contribution is 7.92. The molecule has 0 heterocycles. The summed E-state index contributed by atoms with van der Waals surface area (Å²) >= 11 is 0. The van der Waals surface area contributed by atoms with Gasteiger partial charge in [0.25, 0.3) is 11.8 Å². The molecule has 14 nitrogen and oxygen atoms in total. The number of likely N-dealkylation sites (N-methyl/N-ethyl adjacent to an activating group) is 1. The van der Waals surface area contributed by atoms with Gasteiger partial charge in [0, 0.05) is 37.8 Å². The van der Waals surface area contributed by atoms with Crippen LogP contribution in [0, 0.1) is 5.92 Å². The zero-order valence-electron chi connectivity index (χ0n) is 31.1. The van der Waals surface area contributed by atoms with E-state index in [0.29, 0.717) is 6.42 Å². The van der Waals surface area contributed by atoms with Crippen LogP contribution in [0.15, 0.2) is 48.5 Å². The molecule has 0 aliphatic carbocycles. The van der Waals surface area contributed by atoms with Crippen molar-refractivity contribution in [2.45, 2.75) is 84.2 Å². The van der Waals surface area contributed by atoms with E-state index < -0.39 is 46.1 Å². The standard InChI is InChI=1S/C33H50N6O6S.C2HF3O2/c1-9-10-16-27(20-35-23(5)30(40)38-29(21(2)3)33(43)34-6)37-32(42)26-17-25(18-28(19-26)39(7)46(8,44)45)31(41)36-22(4)24-14-12-11-13-15-24;3-2(4,5)1(6)7/h11-15,17-19,21-23,27,29,35H,9-10,16,20H2,1-8H3,(H,34,43)(H,36,41)(H,37,42)(H,38,40);(H,6,7)/t22-,23+,27+,29+;/m1./s1. The molecule has 4 amide bonds. The first kappa shape index (κ1) is 46.3. The Morgan fingerprint density at radius 2 is 1.40 bits per heavy atom. The van der Waals surface area contributed by atoms with Gasteiger partial charge in [0.1, 0.15) is 6.04 Å². The van der Waals surface area contributed by atoms with Crippen LogP contribution in [0.1, 0.15) is 86.2 Å². The second-order valence-electron chi connectivity index (χ2n) is 12.7. The van der Waals surface area contributed by atoms with E-state index in [0.717, 1.165) is 29.0 Å². The minimum absolute atomic E-state index is 0.112. The lowest BCUT2D eigenvalue weighted by molar-refractivity contribution is -0.192. The smallest absolute Gasteiger partial charge is 0.475 e. The molecule has 0 aromatic heterocycles. The second kappa shape index (κ2) is 21.1. The summed E-state index contributed by atoms with van der Waals surface area (Å²) in [6.07, 6.45) is -1.75. The lowest BCUT2D eigenvalue weighted by Gasteiger charge is -2.25. The van der Waals surface area contributed by atoms with Crippen LogP contribution < -0.4 is 30.9 Å². The molecule has 2 aromatic carbocycles. The number of carboxylic acids is 1. The number of halogens is 3.